The third kappa shape index (κ3) is 4.30. The molecule has 0 saturated carbocycles. The summed E-state index contributed by atoms with van der Waals surface area (Å²) in [5, 5.41) is 5.18. The molecular formula is C71H42. The predicted molar refractivity (Wildman–Crippen MR) is 291 cm³/mol. The highest BCUT2D eigenvalue weighted by atomic mass is 14.6. The average molecular weight is 895 g/mol. The Morgan fingerprint density at radius 2 is 0.465 bits per heavy atom. The van der Waals surface area contributed by atoms with Crippen LogP contribution in [-0.2, 0) is 16.2 Å². The summed E-state index contributed by atoms with van der Waals surface area (Å²) < 4.78 is 0. The molecule has 0 heteroatoms. The first-order chi connectivity index (χ1) is 35.2. The Kier molecular flexibility index (Phi) is 7.11. The zero-order valence-electron chi connectivity index (χ0n) is 38.7. The molecule has 0 fully saturated rings. The number of rotatable bonds is 2. The fourth-order valence-corrected chi connectivity index (χ4v) is 15.3. The van der Waals surface area contributed by atoms with Gasteiger partial charge in [-0.15, -0.1) is 0 Å². The summed E-state index contributed by atoms with van der Waals surface area (Å²) in [4.78, 5) is 0. The first-order valence-electron chi connectivity index (χ1n) is 25.2. The van der Waals surface area contributed by atoms with E-state index in [1.54, 1.807) is 0 Å². The van der Waals surface area contributed by atoms with E-state index in [0.717, 1.165) is 0 Å². The quantitative estimate of drug-likeness (QED) is 0.162. The Bertz CT molecular complexity index is 4090. The topological polar surface area (TPSA) is 0 Å². The van der Waals surface area contributed by atoms with Crippen LogP contribution in [0.2, 0.25) is 0 Å². The van der Waals surface area contributed by atoms with Crippen molar-refractivity contribution in [3.05, 3.63) is 322 Å². The minimum atomic E-state index is -0.615. The van der Waals surface area contributed by atoms with E-state index in [9.17, 15) is 0 Å². The van der Waals surface area contributed by atoms with Crippen LogP contribution >= 0.6 is 0 Å². The van der Waals surface area contributed by atoms with Crippen molar-refractivity contribution >= 4 is 21.5 Å². The van der Waals surface area contributed by atoms with Crippen molar-refractivity contribution in [3.63, 3.8) is 0 Å². The van der Waals surface area contributed by atoms with Gasteiger partial charge in [0.2, 0.25) is 0 Å². The molecule has 12 aromatic rings. The van der Waals surface area contributed by atoms with E-state index in [1.165, 1.54) is 144 Å². The number of hydrogen-bond donors (Lipinski definition) is 0. The minimum Gasteiger partial charge on any atom is -0.0619 e. The number of benzene rings is 12. The van der Waals surface area contributed by atoms with E-state index in [-0.39, 0.29) is 0 Å². The largest absolute Gasteiger partial charge is 0.0725 e. The fraction of sp³-hybridized carbons (Fsp3) is 0.0423. The van der Waals surface area contributed by atoms with Crippen molar-refractivity contribution in [1.29, 1.82) is 0 Å². The zero-order chi connectivity index (χ0) is 46.2. The normalized spacial score (nSPS) is 18.1. The highest BCUT2D eigenvalue weighted by Gasteiger charge is 2.55. The summed E-state index contributed by atoms with van der Waals surface area (Å²) in [7, 11) is 0. The van der Waals surface area contributed by atoms with Gasteiger partial charge in [-0.1, -0.05) is 243 Å². The van der Waals surface area contributed by atoms with Gasteiger partial charge in [0.25, 0.3) is 0 Å². The van der Waals surface area contributed by atoms with Gasteiger partial charge in [0.05, 0.1) is 16.2 Å². The van der Waals surface area contributed by atoms with Gasteiger partial charge in [0.15, 0.2) is 0 Å². The van der Waals surface area contributed by atoms with Crippen LogP contribution in [0, 0.1) is 0 Å². The molecule has 0 radical (unpaired) electrons. The number of hydrogen-bond acceptors (Lipinski definition) is 0. The van der Waals surface area contributed by atoms with Crippen LogP contribution in [0.4, 0.5) is 0 Å². The molecule has 0 aliphatic heterocycles. The molecule has 0 heterocycles. The van der Waals surface area contributed by atoms with Gasteiger partial charge in [0, 0.05) is 0 Å². The van der Waals surface area contributed by atoms with E-state index in [4.69, 9.17) is 0 Å². The zero-order valence-corrected chi connectivity index (χ0v) is 38.7. The van der Waals surface area contributed by atoms with Gasteiger partial charge in [-0.05, 0) is 156 Å². The Morgan fingerprint density at radius 1 is 0.183 bits per heavy atom. The van der Waals surface area contributed by atoms with Gasteiger partial charge >= 0.3 is 0 Å². The first kappa shape index (κ1) is 38.1. The lowest BCUT2D eigenvalue weighted by atomic mass is 9.65. The molecule has 17 rings (SSSR count). The third-order valence-corrected chi connectivity index (χ3v) is 17.8. The summed E-state index contributed by atoms with van der Waals surface area (Å²) in [6, 6.07) is 98.1. The van der Waals surface area contributed by atoms with Crippen molar-refractivity contribution in [2.45, 2.75) is 16.2 Å². The maximum absolute atomic E-state index is 2.60. The van der Waals surface area contributed by atoms with Crippen LogP contribution in [-0.4, -0.2) is 0 Å². The molecular weight excluding hydrogens is 853 g/mol. The molecule has 0 saturated heterocycles. The van der Waals surface area contributed by atoms with Gasteiger partial charge in [-0.2, -0.15) is 0 Å². The summed E-state index contributed by atoms with van der Waals surface area (Å²) in [5.41, 5.74) is 27.8. The van der Waals surface area contributed by atoms with Crippen LogP contribution in [0.5, 0.6) is 0 Å². The summed E-state index contributed by atoms with van der Waals surface area (Å²) >= 11 is 0. The standard InChI is InChI=1S/C71H42/c1-3-19-47-43(17-1)33-37-65-67(47)53-25-9-15-31-61(53)70(65)59-29-13-7-23-51(59)55-41-45(35-39-63(55)70)69(57-27-11-5-21-49(57)50-22-6-12-28-58(50)69)46-36-40-64-56(42-46)52-24-8-14-30-60(52)71(64)62-32-16-10-26-54(62)68-48-20-4-2-18-44(48)34-38-66(68)71/h1-42H. The lowest BCUT2D eigenvalue weighted by Gasteiger charge is -2.36. The van der Waals surface area contributed by atoms with E-state index >= 15 is 0 Å². The molecule has 0 amide bonds. The highest BCUT2D eigenvalue weighted by molar-refractivity contribution is 6.08. The number of fused-ring (bicyclic) bond motifs is 27. The van der Waals surface area contributed by atoms with Crippen molar-refractivity contribution in [3.8, 4) is 55.6 Å². The van der Waals surface area contributed by atoms with Crippen molar-refractivity contribution < 1.29 is 0 Å². The molecule has 5 aliphatic carbocycles. The van der Waals surface area contributed by atoms with Crippen LogP contribution in [0.3, 0.4) is 0 Å². The summed E-state index contributed by atoms with van der Waals surface area (Å²) in [6.45, 7) is 0. The molecule has 2 unspecified atom stereocenters. The molecule has 0 bridgehead atoms. The lowest BCUT2D eigenvalue weighted by molar-refractivity contribution is 0.758. The molecule has 12 aromatic carbocycles. The van der Waals surface area contributed by atoms with E-state index in [2.05, 4.69) is 255 Å². The van der Waals surface area contributed by atoms with Gasteiger partial charge in [0.1, 0.15) is 0 Å². The predicted octanol–water partition coefficient (Wildman–Crippen LogP) is 17.0. The van der Waals surface area contributed by atoms with Crippen LogP contribution < -0.4 is 0 Å². The molecule has 71 heavy (non-hydrogen) atoms. The molecule has 0 aromatic heterocycles. The Balaban J connectivity index is 0.957. The second-order valence-electron chi connectivity index (χ2n) is 20.5. The van der Waals surface area contributed by atoms with Crippen LogP contribution in [0.25, 0.3) is 77.2 Å². The molecule has 5 aliphatic rings. The van der Waals surface area contributed by atoms with Crippen molar-refractivity contribution in [2.75, 3.05) is 0 Å². The first-order valence-corrected chi connectivity index (χ1v) is 25.2. The minimum absolute atomic E-state index is 0.455. The van der Waals surface area contributed by atoms with Gasteiger partial charge in [-0.25, -0.2) is 0 Å². The van der Waals surface area contributed by atoms with Gasteiger partial charge < -0.3 is 0 Å². The summed E-state index contributed by atoms with van der Waals surface area (Å²) in [6.07, 6.45) is 0. The molecule has 326 valence electrons. The lowest BCUT2D eigenvalue weighted by Crippen LogP contribution is -2.30. The second kappa shape index (κ2) is 13.3. The van der Waals surface area contributed by atoms with E-state index in [1.807, 2.05) is 0 Å². The summed E-state index contributed by atoms with van der Waals surface area (Å²) in [5.74, 6) is 0. The molecule has 0 N–H and O–H groups in total. The van der Waals surface area contributed by atoms with Crippen LogP contribution in [0.15, 0.2) is 255 Å². The Labute approximate surface area is 412 Å². The fourth-order valence-electron chi connectivity index (χ4n) is 15.3. The molecule has 2 spiro atoms. The Morgan fingerprint density at radius 3 is 0.873 bits per heavy atom. The monoisotopic (exact) mass is 894 g/mol. The highest BCUT2D eigenvalue weighted by Crippen LogP contribution is 2.67. The van der Waals surface area contributed by atoms with Crippen molar-refractivity contribution in [1.82, 2.24) is 0 Å². The Hall–Kier alpha value is -8.84. The second-order valence-corrected chi connectivity index (χ2v) is 20.5. The van der Waals surface area contributed by atoms with Crippen LogP contribution in [0.1, 0.15) is 66.8 Å². The van der Waals surface area contributed by atoms with E-state index < -0.39 is 16.2 Å². The average Bonchev–Trinajstić information content (AvgIpc) is 4.20. The van der Waals surface area contributed by atoms with Crippen molar-refractivity contribution in [2.24, 2.45) is 0 Å². The van der Waals surface area contributed by atoms with E-state index in [0.29, 0.717) is 0 Å². The molecule has 2 atom stereocenters. The molecule has 0 nitrogen and oxygen atoms in total. The maximum Gasteiger partial charge on any atom is 0.0725 e. The third-order valence-electron chi connectivity index (χ3n) is 17.8. The maximum atomic E-state index is 2.60. The van der Waals surface area contributed by atoms with Gasteiger partial charge in [-0.3, -0.25) is 0 Å². The SMILES string of the molecule is c1ccc2c(c1)-c1ccccc1C2(c1ccc2c(c1)-c1ccccc1C21c2ccccc2-c2c1ccc1ccccc21)c1ccc2c(c1)-c1ccccc1C21c2ccccc2-c2c1ccc1ccccc21. The smallest absolute Gasteiger partial charge is 0.0619 e.